The third-order valence-corrected chi connectivity index (χ3v) is 4.15. The second kappa shape index (κ2) is 5.42. The van der Waals surface area contributed by atoms with Crippen LogP contribution in [0, 0.1) is 12.7 Å². The zero-order valence-electron chi connectivity index (χ0n) is 11.4. The van der Waals surface area contributed by atoms with E-state index in [9.17, 15) is 4.39 Å². The number of halogens is 3. The highest BCUT2D eigenvalue weighted by Crippen LogP contribution is 2.29. The van der Waals surface area contributed by atoms with Crippen molar-refractivity contribution in [2.24, 2.45) is 0 Å². The predicted octanol–water partition coefficient (Wildman–Crippen LogP) is 4.58. The zero-order chi connectivity index (χ0) is 15.1. The van der Waals surface area contributed by atoms with Crippen molar-refractivity contribution in [2.45, 2.75) is 25.8 Å². The van der Waals surface area contributed by atoms with Crippen molar-refractivity contribution in [1.82, 2.24) is 14.5 Å². The molecule has 1 atom stereocenters. The van der Waals surface area contributed by atoms with Crippen LogP contribution in [0.3, 0.4) is 0 Å². The Morgan fingerprint density at radius 2 is 2.24 bits per heavy atom. The molecule has 2 heterocycles. The topological polar surface area (TPSA) is 43.9 Å². The lowest BCUT2D eigenvalue weighted by molar-refractivity contribution is 0.415. The fraction of sp³-hybridized carbons (Fsp3) is 0.286. The third kappa shape index (κ3) is 2.46. The number of oxazole rings is 1. The van der Waals surface area contributed by atoms with E-state index in [1.165, 1.54) is 6.07 Å². The second-order valence-electron chi connectivity index (χ2n) is 4.77. The van der Waals surface area contributed by atoms with Crippen molar-refractivity contribution in [3.05, 3.63) is 46.1 Å². The van der Waals surface area contributed by atoms with E-state index in [2.05, 4.69) is 25.9 Å². The van der Waals surface area contributed by atoms with Crippen molar-refractivity contribution < 1.29 is 8.81 Å². The minimum absolute atomic E-state index is 0.220. The molecule has 0 aliphatic carbocycles. The van der Waals surface area contributed by atoms with Gasteiger partial charge in [-0.05, 0) is 35.8 Å². The van der Waals surface area contributed by atoms with E-state index >= 15 is 0 Å². The number of hydrogen-bond acceptors (Lipinski definition) is 3. The number of fused-ring (bicyclic) bond motifs is 1. The van der Waals surface area contributed by atoms with E-state index in [0.717, 1.165) is 5.76 Å². The highest BCUT2D eigenvalue weighted by atomic mass is 79.9. The van der Waals surface area contributed by atoms with Crippen molar-refractivity contribution in [2.75, 3.05) is 0 Å². The van der Waals surface area contributed by atoms with E-state index in [1.54, 1.807) is 12.3 Å². The molecule has 0 saturated carbocycles. The fourth-order valence-corrected chi connectivity index (χ4v) is 2.86. The van der Waals surface area contributed by atoms with Gasteiger partial charge in [0.05, 0.1) is 27.6 Å². The lowest BCUT2D eigenvalue weighted by atomic mass is 10.2. The molecule has 21 heavy (non-hydrogen) atoms. The molecule has 0 amide bonds. The van der Waals surface area contributed by atoms with Gasteiger partial charge in [0, 0.05) is 6.07 Å². The molecule has 0 aliphatic heterocycles. The molecule has 1 unspecified atom stereocenters. The second-order valence-corrected chi connectivity index (χ2v) is 5.89. The van der Waals surface area contributed by atoms with Gasteiger partial charge < -0.3 is 8.98 Å². The van der Waals surface area contributed by atoms with Crippen molar-refractivity contribution in [1.29, 1.82) is 0 Å². The Labute approximate surface area is 134 Å². The van der Waals surface area contributed by atoms with E-state index in [0.29, 0.717) is 27.2 Å². The summed E-state index contributed by atoms with van der Waals surface area (Å²) in [4.78, 5) is 8.68. The molecular formula is C14H12BrClFN3O. The minimum atomic E-state index is -0.347. The maximum atomic E-state index is 13.9. The third-order valence-electron chi connectivity index (χ3n) is 3.31. The Balaban J connectivity index is 2.22. The Kier molecular flexibility index (Phi) is 3.75. The number of aromatic nitrogens is 3. The number of hydrogen-bond donors (Lipinski definition) is 0. The molecule has 110 valence electrons. The molecule has 0 N–H and O–H groups in total. The van der Waals surface area contributed by atoms with Crippen LogP contribution in [-0.4, -0.2) is 14.5 Å². The Bertz CT molecular complexity index is 814. The standard InChI is InChI=1S/C14H12BrClFN3O/c1-7-6-18-14(21-7)8(2)20-12-4-10(17)9(15)3-11(12)19-13(20)5-16/h3-4,6,8H,5H2,1-2H3. The van der Waals surface area contributed by atoms with Crippen molar-refractivity contribution >= 4 is 38.6 Å². The van der Waals surface area contributed by atoms with Crippen molar-refractivity contribution in [3.63, 3.8) is 0 Å². The molecule has 7 heteroatoms. The first kappa shape index (κ1) is 14.5. The molecule has 0 saturated heterocycles. The maximum absolute atomic E-state index is 13.9. The average molecular weight is 373 g/mol. The highest BCUT2D eigenvalue weighted by Gasteiger charge is 2.21. The van der Waals surface area contributed by atoms with Crippen LogP contribution < -0.4 is 0 Å². The number of aryl methyl sites for hydroxylation is 1. The molecular weight excluding hydrogens is 361 g/mol. The van der Waals surface area contributed by atoms with Gasteiger partial charge in [0.2, 0.25) is 5.89 Å². The van der Waals surface area contributed by atoms with Gasteiger partial charge in [-0.15, -0.1) is 11.6 Å². The molecule has 2 aromatic heterocycles. The van der Waals surface area contributed by atoms with Gasteiger partial charge in [-0.25, -0.2) is 14.4 Å². The quantitative estimate of drug-likeness (QED) is 0.632. The van der Waals surface area contributed by atoms with Gasteiger partial charge in [-0.2, -0.15) is 0 Å². The first-order chi connectivity index (χ1) is 10.0. The summed E-state index contributed by atoms with van der Waals surface area (Å²) in [5.74, 6) is 1.79. The number of imidazole rings is 1. The molecule has 0 bridgehead atoms. The monoisotopic (exact) mass is 371 g/mol. The summed E-state index contributed by atoms with van der Waals surface area (Å²) >= 11 is 9.15. The van der Waals surface area contributed by atoms with Crippen LogP contribution in [-0.2, 0) is 5.88 Å². The summed E-state index contributed by atoms with van der Waals surface area (Å²) in [5, 5.41) is 0. The number of rotatable bonds is 3. The van der Waals surface area contributed by atoms with Crippen LogP contribution in [0.2, 0.25) is 0 Å². The summed E-state index contributed by atoms with van der Waals surface area (Å²) in [5.41, 5.74) is 1.34. The maximum Gasteiger partial charge on any atom is 0.217 e. The van der Waals surface area contributed by atoms with Crippen molar-refractivity contribution in [3.8, 4) is 0 Å². The molecule has 0 fully saturated rings. The molecule has 0 radical (unpaired) electrons. The smallest absolute Gasteiger partial charge is 0.217 e. The predicted molar refractivity (Wildman–Crippen MR) is 82.0 cm³/mol. The summed E-state index contributed by atoms with van der Waals surface area (Å²) in [6.45, 7) is 3.75. The van der Waals surface area contributed by atoms with Crippen LogP contribution in [0.5, 0.6) is 0 Å². The molecule has 0 spiro atoms. The largest absolute Gasteiger partial charge is 0.444 e. The lowest BCUT2D eigenvalue weighted by Crippen LogP contribution is -2.10. The lowest BCUT2D eigenvalue weighted by Gasteiger charge is -2.13. The summed E-state index contributed by atoms with van der Waals surface area (Å²) in [6.07, 6.45) is 1.66. The van der Waals surface area contributed by atoms with Crippen LogP contribution in [0.25, 0.3) is 11.0 Å². The first-order valence-electron chi connectivity index (χ1n) is 6.35. The summed E-state index contributed by atoms with van der Waals surface area (Å²) in [7, 11) is 0. The average Bonchev–Trinajstić information content (AvgIpc) is 3.02. The van der Waals surface area contributed by atoms with Crippen LogP contribution in [0.15, 0.2) is 27.2 Å². The van der Waals surface area contributed by atoms with E-state index in [4.69, 9.17) is 16.0 Å². The van der Waals surface area contributed by atoms with E-state index < -0.39 is 0 Å². The highest BCUT2D eigenvalue weighted by molar-refractivity contribution is 9.10. The zero-order valence-corrected chi connectivity index (χ0v) is 13.7. The first-order valence-corrected chi connectivity index (χ1v) is 7.68. The molecule has 3 rings (SSSR count). The number of alkyl halides is 1. The summed E-state index contributed by atoms with van der Waals surface area (Å²) < 4.78 is 21.6. The normalized spacial score (nSPS) is 13.0. The van der Waals surface area contributed by atoms with Gasteiger partial charge in [0.1, 0.15) is 23.4 Å². The van der Waals surface area contributed by atoms with Crippen LogP contribution in [0.1, 0.15) is 30.4 Å². The molecule has 1 aromatic carbocycles. The SMILES string of the molecule is Cc1cnc(C(C)n2c(CCl)nc3cc(Br)c(F)cc32)o1. The Morgan fingerprint density at radius 1 is 1.48 bits per heavy atom. The number of benzene rings is 1. The molecule has 3 aromatic rings. The van der Waals surface area contributed by atoms with Crippen LogP contribution in [0.4, 0.5) is 4.39 Å². The Hall–Kier alpha value is -1.40. The van der Waals surface area contributed by atoms with Gasteiger partial charge in [0.25, 0.3) is 0 Å². The van der Waals surface area contributed by atoms with Gasteiger partial charge in [-0.1, -0.05) is 0 Å². The molecule has 4 nitrogen and oxygen atoms in total. The molecule has 0 aliphatic rings. The van der Waals surface area contributed by atoms with E-state index in [1.807, 2.05) is 18.4 Å². The van der Waals surface area contributed by atoms with Crippen LogP contribution >= 0.6 is 27.5 Å². The summed E-state index contributed by atoms with van der Waals surface area (Å²) in [6, 6.07) is 2.86. The van der Waals surface area contributed by atoms with Gasteiger partial charge in [-0.3, -0.25) is 0 Å². The number of nitrogens with zero attached hydrogens (tertiary/aromatic N) is 3. The van der Waals surface area contributed by atoms with E-state index in [-0.39, 0.29) is 17.7 Å². The fourth-order valence-electron chi connectivity index (χ4n) is 2.34. The Morgan fingerprint density at radius 3 is 2.86 bits per heavy atom. The van der Waals surface area contributed by atoms with Gasteiger partial charge >= 0.3 is 0 Å². The minimum Gasteiger partial charge on any atom is -0.444 e. The van der Waals surface area contributed by atoms with Gasteiger partial charge in [0.15, 0.2) is 0 Å².